The molecule has 0 amide bonds. The van der Waals surface area contributed by atoms with Crippen molar-refractivity contribution in [2.45, 2.75) is 25.6 Å². The van der Waals surface area contributed by atoms with E-state index in [9.17, 15) is 19.7 Å². The summed E-state index contributed by atoms with van der Waals surface area (Å²) in [5, 5.41) is 32.3. The molecular formula is C17H20FN5O3S. The molecule has 27 heavy (non-hydrogen) atoms. The Bertz CT molecular complexity index is 1010. The molecule has 1 atom stereocenters. The summed E-state index contributed by atoms with van der Waals surface area (Å²) in [4.78, 5) is 9.39. The monoisotopic (exact) mass is 393 g/mol. The summed E-state index contributed by atoms with van der Waals surface area (Å²) in [6, 6.07) is 4.15. The van der Waals surface area contributed by atoms with E-state index < -0.39 is 23.3 Å². The Morgan fingerprint density at radius 3 is 2.67 bits per heavy atom. The number of halogens is 1. The second-order valence-electron chi connectivity index (χ2n) is 6.71. The van der Waals surface area contributed by atoms with Crippen LogP contribution in [0.4, 0.5) is 16.0 Å². The second kappa shape index (κ2) is 6.89. The van der Waals surface area contributed by atoms with Crippen LogP contribution in [0.3, 0.4) is 0 Å². The minimum absolute atomic E-state index is 0.0230. The zero-order valence-electron chi connectivity index (χ0n) is 14.7. The van der Waals surface area contributed by atoms with E-state index >= 15 is 0 Å². The van der Waals surface area contributed by atoms with Crippen molar-refractivity contribution in [2.24, 2.45) is 5.73 Å². The van der Waals surface area contributed by atoms with Gasteiger partial charge in [0, 0.05) is 5.56 Å². The van der Waals surface area contributed by atoms with Crippen LogP contribution in [0.25, 0.3) is 21.5 Å². The third-order valence-electron chi connectivity index (χ3n) is 3.96. The maximum Gasteiger partial charge on any atom is 0.225 e. The molecule has 2 heterocycles. The number of nitrogens with zero attached hydrogens (tertiary/aromatic N) is 2. The number of nitrogen functional groups attached to an aromatic ring is 1. The van der Waals surface area contributed by atoms with E-state index in [0.717, 1.165) is 11.3 Å². The van der Waals surface area contributed by atoms with Crippen LogP contribution in [0.1, 0.15) is 25.0 Å². The predicted molar refractivity (Wildman–Crippen MR) is 103 cm³/mol. The van der Waals surface area contributed by atoms with Gasteiger partial charge in [-0.25, -0.2) is 14.4 Å². The summed E-state index contributed by atoms with van der Waals surface area (Å²) in [5.41, 5.74) is 11.3. The van der Waals surface area contributed by atoms with Gasteiger partial charge in [-0.2, -0.15) is 0 Å². The van der Waals surface area contributed by atoms with Crippen molar-refractivity contribution in [2.75, 3.05) is 17.7 Å². The number of phenols is 1. The standard InChI is InChI=1S/C17H20FN5O3S/c1-17(2,6-24)23-16-21-12(7-4-3-5-8(25)10(7)18)9-11(19)13(14(20)26)27-15(9)22-16/h3-5,14,24-26H,6,19-20H2,1-2H3,(H,21,22,23). The molecule has 8 nitrogen and oxygen atoms in total. The molecule has 0 aliphatic carbocycles. The number of rotatable bonds is 5. The molecule has 0 saturated carbocycles. The summed E-state index contributed by atoms with van der Waals surface area (Å²) in [6.45, 7) is 3.30. The van der Waals surface area contributed by atoms with Gasteiger partial charge in [-0.3, -0.25) is 0 Å². The number of aromatic hydroxyl groups is 1. The van der Waals surface area contributed by atoms with Gasteiger partial charge in [0.05, 0.1) is 33.8 Å². The minimum Gasteiger partial charge on any atom is -0.505 e. The first-order chi connectivity index (χ1) is 12.6. The lowest BCUT2D eigenvalue weighted by Gasteiger charge is -2.23. The molecule has 3 rings (SSSR count). The Morgan fingerprint density at radius 1 is 1.33 bits per heavy atom. The van der Waals surface area contributed by atoms with Crippen LogP contribution in [0.15, 0.2) is 18.2 Å². The van der Waals surface area contributed by atoms with Crippen LogP contribution in [-0.4, -0.2) is 37.4 Å². The van der Waals surface area contributed by atoms with Gasteiger partial charge in [-0.05, 0) is 26.0 Å². The molecule has 0 fully saturated rings. The first-order valence-electron chi connectivity index (χ1n) is 8.05. The zero-order valence-corrected chi connectivity index (χ0v) is 15.5. The molecule has 3 aromatic rings. The van der Waals surface area contributed by atoms with Gasteiger partial charge in [0.2, 0.25) is 5.95 Å². The summed E-state index contributed by atoms with van der Waals surface area (Å²) >= 11 is 1.06. The highest BCUT2D eigenvalue weighted by Gasteiger charge is 2.25. The number of aromatic nitrogens is 2. The van der Waals surface area contributed by atoms with Crippen LogP contribution in [-0.2, 0) is 0 Å². The Kier molecular flexibility index (Phi) is 4.91. The second-order valence-corrected chi connectivity index (χ2v) is 7.74. The maximum absolute atomic E-state index is 14.6. The molecule has 0 aliphatic heterocycles. The van der Waals surface area contributed by atoms with Gasteiger partial charge in [0.25, 0.3) is 0 Å². The number of nitrogens with one attached hydrogen (secondary N) is 1. The number of fused-ring (bicyclic) bond motifs is 1. The van der Waals surface area contributed by atoms with Crippen LogP contribution < -0.4 is 16.8 Å². The number of anilines is 2. The van der Waals surface area contributed by atoms with Crippen molar-refractivity contribution < 1.29 is 19.7 Å². The molecule has 0 bridgehead atoms. The normalized spacial score (nSPS) is 13.1. The fraction of sp³-hybridized carbons (Fsp3) is 0.294. The Hall–Kier alpha value is -2.53. The SMILES string of the molecule is CC(C)(CO)Nc1nc(-c2cccc(O)c2F)c2c(N)c(C(N)O)sc2n1. The summed E-state index contributed by atoms with van der Waals surface area (Å²) in [7, 11) is 0. The number of nitrogens with two attached hydrogens (primary N) is 2. The molecule has 144 valence electrons. The topological polar surface area (TPSA) is 151 Å². The van der Waals surface area contributed by atoms with Gasteiger partial charge in [-0.1, -0.05) is 6.07 Å². The average molecular weight is 393 g/mol. The highest BCUT2D eigenvalue weighted by molar-refractivity contribution is 7.19. The molecule has 0 spiro atoms. The lowest BCUT2D eigenvalue weighted by Crippen LogP contribution is -2.35. The molecule has 8 N–H and O–H groups in total. The van der Waals surface area contributed by atoms with Gasteiger partial charge < -0.3 is 32.1 Å². The van der Waals surface area contributed by atoms with Gasteiger partial charge >= 0.3 is 0 Å². The Morgan fingerprint density at radius 2 is 2.04 bits per heavy atom. The zero-order chi connectivity index (χ0) is 19.9. The van der Waals surface area contributed by atoms with Crippen molar-refractivity contribution in [1.29, 1.82) is 0 Å². The summed E-state index contributed by atoms with van der Waals surface area (Å²) in [6.07, 6.45) is -1.32. The van der Waals surface area contributed by atoms with Crippen LogP contribution in [0.5, 0.6) is 5.75 Å². The molecule has 0 saturated heterocycles. The van der Waals surface area contributed by atoms with E-state index in [0.29, 0.717) is 10.2 Å². The highest BCUT2D eigenvalue weighted by Crippen LogP contribution is 2.42. The molecule has 10 heteroatoms. The van der Waals surface area contributed by atoms with Crippen molar-refractivity contribution >= 4 is 33.2 Å². The van der Waals surface area contributed by atoms with Crippen molar-refractivity contribution in [3.05, 3.63) is 28.9 Å². The van der Waals surface area contributed by atoms with Gasteiger partial charge in [0.15, 0.2) is 11.6 Å². The van der Waals surface area contributed by atoms with Crippen molar-refractivity contribution in [3.63, 3.8) is 0 Å². The number of phenolic OH excluding ortho intramolecular Hbond substituents is 1. The smallest absolute Gasteiger partial charge is 0.225 e. The largest absolute Gasteiger partial charge is 0.505 e. The average Bonchev–Trinajstić information content (AvgIpc) is 2.93. The fourth-order valence-electron chi connectivity index (χ4n) is 2.55. The highest BCUT2D eigenvalue weighted by atomic mass is 32.1. The number of hydrogen-bond donors (Lipinski definition) is 6. The lowest BCUT2D eigenvalue weighted by molar-refractivity contribution is 0.191. The third-order valence-corrected chi connectivity index (χ3v) is 5.13. The summed E-state index contributed by atoms with van der Waals surface area (Å²) < 4.78 is 14.6. The van der Waals surface area contributed by atoms with E-state index in [4.69, 9.17) is 11.5 Å². The molecule has 0 aliphatic rings. The predicted octanol–water partition coefficient (Wildman–Crippen LogP) is 1.92. The van der Waals surface area contributed by atoms with E-state index in [1.165, 1.54) is 18.2 Å². The Balaban J connectivity index is 2.33. The Labute approximate surface area is 158 Å². The van der Waals surface area contributed by atoms with Crippen LogP contribution in [0.2, 0.25) is 0 Å². The summed E-state index contributed by atoms with van der Waals surface area (Å²) in [5.74, 6) is -1.25. The number of aliphatic hydroxyl groups is 2. The van der Waals surface area contributed by atoms with E-state index in [-0.39, 0.29) is 34.4 Å². The molecule has 1 unspecified atom stereocenters. The number of hydrogen-bond acceptors (Lipinski definition) is 9. The fourth-order valence-corrected chi connectivity index (χ4v) is 3.54. The molecule has 0 radical (unpaired) electrons. The minimum atomic E-state index is -1.32. The molecule has 1 aromatic carbocycles. The van der Waals surface area contributed by atoms with Crippen LogP contribution >= 0.6 is 11.3 Å². The van der Waals surface area contributed by atoms with Gasteiger partial charge in [-0.15, -0.1) is 11.3 Å². The molecule has 2 aromatic heterocycles. The number of aliphatic hydroxyl groups excluding tert-OH is 2. The molecular weight excluding hydrogens is 373 g/mol. The third kappa shape index (κ3) is 3.52. The van der Waals surface area contributed by atoms with Crippen molar-refractivity contribution in [3.8, 4) is 17.0 Å². The van der Waals surface area contributed by atoms with Crippen LogP contribution in [0, 0.1) is 5.82 Å². The van der Waals surface area contributed by atoms with Crippen molar-refractivity contribution in [1.82, 2.24) is 9.97 Å². The first-order valence-corrected chi connectivity index (χ1v) is 8.86. The maximum atomic E-state index is 14.6. The van der Waals surface area contributed by atoms with E-state index in [2.05, 4.69) is 15.3 Å². The number of thiophene rings is 1. The first kappa shape index (κ1) is 19.2. The number of benzene rings is 1. The van der Waals surface area contributed by atoms with Gasteiger partial charge in [0.1, 0.15) is 11.1 Å². The lowest BCUT2D eigenvalue weighted by atomic mass is 10.1. The van der Waals surface area contributed by atoms with E-state index in [1.54, 1.807) is 13.8 Å². The van der Waals surface area contributed by atoms with E-state index in [1.807, 2.05) is 0 Å². The quantitative estimate of drug-likeness (QED) is 0.360.